The predicted octanol–water partition coefficient (Wildman–Crippen LogP) is 2.18. The summed E-state index contributed by atoms with van der Waals surface area (Å²) in [5.41, 5.74) is 7.80. The van der Waals surface area contributed by atoms with Gasteiger partial charge in [-0.1, -0.05) is 13.0 Å². The van der Waals surface area contributed by atoms with Gasteiger partial charge in [0.05, 0.1) is 6.10 Å². The highest BCUT2D eigenvalue weighted by molar-refractivity contribution is 5.97. The van der Waals surface area contributed by atoms with E-state index < -0.39 is 6.10 Å². The van der Waals surface area contributed by atoms with Crippen molar-refractivity contribution in [1.29, 1.82) is 0 Å². The second-order valence-electron chi connectivity index (χ2n) is 5.83. The van der Waals surface area contributed by atoms with E-state index in [2.05, 4.69) is 10.6 Å². The van der Waals surface area contributed by atoms with Crippen molar-refractivity contribution in [3.63, 3.8) is 0 Å². The Morgan fingerprint density at radius 3 is 2.57 bits per heavy atom. The molecule has 126 valence electrons. The molecular weight excluding hydrogens is 294 g/mol. The lowest BCUT2D eigenvalue weighted by atomic mass is 10.1. The summed E-state index contributed by atoms with van der Waals surface area (Å²) in [6, 6.07) is 5.45. The summed E-state index contributed by atoms with van der Waals surface area (Å²) in [6.45, 7) is 4.26. The summed E-state index contributed by atoms with van der Waals surface area (Å²) in [6.07, 6.45) is 2.27. The second kappa shape index (κ2) is 8.08. The topological polar surface area (TPSA) is 93.5 Å². The van der Waals surface area contributed by atoms with Crippen molar-refractivity contribution in [3.05, 3.63) is 23.8 Å². The summed E-state index contributed by atoms with van der Waals surface area (Å²) in [4.78, 5) is 24.0. The van der Waals surface area contributed by atoms with Gasteiger partial charge in [-0.05, 0) is 43.9 Å². The lowest BCUT2D eigenvalue weighted by molar-refractivity contribution is -0.126. The minimum absolute atomic E-state index is 0.0241. The molecule has 0 spiro atoms. The molecule has 1 saturated heterocycles. The Morgan fingerprint density at radius 2 is 1.96 bits per heavy atom. The minimum atomic E-state index is -0.457. The molecule has 0 aliphatic carbocycles. The third-order valence-electron chi connectivity index (χ3n) is 4.01. The number of nitrogens with two attached hydrogens (primary N) is 1. The van der Waals surface area contributed by atoms with Crippen LogP contribution in [0.4, 0.5) is 11.4 Å². The van der Waals surface area contributed by atoms with E-state index in [0.717, 1.165) is 18.4 Å². The van der Waals surface area contributed by atoms with E-state index in [0.29, 0.717) is 30.8 Å². The highest BCUT2D eigenvalue weighted by Gasteiger charge is 2.30. The van der Waals surface area contributed by atoms with Crippen molar-refractivity contribution in [2.45, 2.75) is 51.7 Å². The van der Waals surface area contributed by atoms with Crippen molar-refractivity contribution in [2.24, 2.45) is 5.73 Å². The average molecular weight is 319 g/mol. The molecule has 0 radical (unpaired) electrons. The molecule has 1 heterocycles. The number of carbonyl (C=O) groups excluding carboxylic acids is 2. The van der Waals surface area contributed by atoms with Crippen LogP contribution in [0.3, 0.4) is 0 Å². The smallest absolute Gasteiger partial charge is 0.253 e. The maximum absolute atomic E-state index is 12.3. The van der Waals surface area contributed by atoms with Gasteiger partial charge >= 0.3 is 0 Å². The predicted molar refractivity (Wildman–Crippen MR) is 90.3 cm³/mol. The van der Waals surface area contributed by atoms with Gasteiger partial charge in [-0.2, -0.15) is 0 Å². The number of amides is 2. The summed E-state index contributed by atoms with van der Waals surface area (Å²) in [5.74, 6) is -0.190. The van der Waals surface area contributed by atoms with Crippen molar-refractivity contribution in [1.82, 2.24) is 0 Å². The zero-order valence-corrected chi connectivity index (χ0v) is 13.7. The van der Waals surface area contributed by atoms with Crippen LogP contribution in [0.25, 0.3) is 0 Å². The Balaban J connectivity index is 2.03. The minimum Gasteiger partial charge on any atom is -0.364 e. The molecule has 1 aromatic rings. The molecular formula is C17H25N3O3. The first-order valence-electron chi connectivity index (χ1n) is 8.11. The molecule has 0 aromatic heterocycles. The molecule has 2 rings (SSSR count). The molecule has 6 nitrogen and oxygen atoms in total. The van der Waals surface area contributed by atoms with Crippen molar-refractivity contribution < 1.29 is 14.3 Å². The van der Waals surface area contributed by atoms with Crippen LogP contribution in [0.1, 0.15) is 38.2 Å². The van der Waals surface area contributed by atoms with Gasteiger partial charge in [0.2, 0.25) is 5.91 Å². The third kappa shape index (κ3) is 4.53. The zero-order valence-electron chi connectivity index (χ0n) is 13.7. The van der Waals surface area contributed by atoms with Crippen LogP contribution in [0.5, 0.6) is 0 Å². The van der Waals surface area contributed by atoms with Gasteiger partial charge < -0.3 is 21.1 Å². The summed E-state index contributed by atoms with van der Waals surface area (Å²) < 4.78 is 5.60. The Bertz CT molecular complexity index is 574. The van der Waals surface area contributed by atoms with Gasteiger partial charge in [0, 0.05) is 24.3 Å². The van der Waals surface area contributed by atoms with Gasteiger partial charge in [0.1, 0.15) is 6.10 Å². The van der Waals surface area contributed by atoms with Crippen molar-refractivity contribution in [3.8, 4) is 0 Å². The molecule has 4 N–H and O–H groups in total. The monoisotopic (exact) mass is 319 g/mol. The lowest BCUT2D eigenvalue weighted by Crippen LogP contribution is -2.30. The Labute approximate surface area is 136 Å². The number of rotatable bonds is 6. The van der Waals surface area contributed by atoms with E-state index in [1.807, 2.05) is 32.0 Å². The molecule has 0 bridgehead atoms. The molecule has 0 saturated carbocycles. The van der Waals surface area contributed by atoms with E-state index >= 15 is 0 Å². The summed E-state index contributed by atoms with van der Waals surface area (Å²) in [5, 5.41) is 5.76. The van der Waals surface area contributed by atoms with Crippen molar-refractivity contribution in [2.75, 3.05) is 17.2 Å². The Kier molecular flexibility index (Phi) is 6.12. The van der Waals surface area contributed by atoms with Gasteiger partial charge in [-0.25, -0.2) is 0 Å². The molecule has 6 heteroatoms. The van der Waals surface area contributed by atoms with Crippen LogP contribution < -0.4 is 16.4 Å². The zero-order chi connectivity index (χ0) is 16.8. The molecule has 23 heavy (non-hydrogen) atoms. The van der Waals surface area contributed by atoms with E-state index in [-0.39, 0.29) is 17.9 Å². The molecule has 0 unspecified atom stereocenters. The quantitative estimate of drug-likeness (QED) is 0.749. The van der Waals surface area contributed by atoms with Crippen LogP contribution in [-0.4, -0.2) is 30.6 Å². The first-order chi connectivity index (χ1) is 11.0. The summed E-state index contributed by atoms with van der Waals surface area (Å²) >= 11 is 0. The van der Waals surface area contributed by atoms with Crippen LogP contribution in [0.2, 0.25) is 0 Å². The fraction of sp³-hybridized carbons (Fsp3) is 0.529. The van der Waals surface area contributed by atoms with E-state index in [1.165, 1.54) is 0 Å². The first kappa shape index (κ1) is 17.4. The molecule has 2 atom stereocenters. The Morgan fingerprint density at radius 1 is 1.26 bits per heavy atom. The third-order valence-corrected chi connectivity index (χ3v) is 4.01. The number of nitrogens with one attached hydrogen (secondary N) is 2. The number of ether oxygens (including phenoxy) is 1. The normalized spacial score (nSPS) is 20.3. The number of hydrogen-bond donors (Lipinski definition) is 3. The maximum Gasteiger partial charge on any atom is 0.253 e. The second-order valence-corrected chi connectivity index (χ2v) is 5.83. The highest BCUT2D eigenvalue weighted by Crippen LogP contribution is 2.25. The molecule has 1 aliphatic heterocycles. The molecule has 2 amide bonds. The largest absolute Gasteiger partial charge is 0.364 e. The summed E-state index contributed by atoms with van der Waals surface area (Å²) in [7, 11) is 0. The molecule has 1 fully saturated rings. The standard InChI is InChI=1S/C17H25N3O3/c1-3-5-16(21)19-13-6-4-7-14(11(13)2)20-17(22)15-9-8-12(10-18)23-15/h4,6-7,12,15H,3,5,8-10,18H2,1-2H3,(H,19,21)(H,20,22)/t12-,15+/m1/s1. The van der Waals surface area contributed by atoms with E-state index in [9.17, 15) is 9.59 Å². The lowest BCUT2D eigenvalue weighted by Gasteiger charge is -2.16. The number of anilines is 2. The fourth-order valence-electron chi connectivity index (χ4n) is 2.63. The van der Waals surface area contributed by atoms with E-state index in [1.54, 1.807) is 0 Å². The number of hydrogen-bond acceptors (Lipinski definition) is 4. The van der Waals surface area contributed by atoms with Crippen LogP contribution in [0.15, 0.2) is 18.2 Å². The van der Waals surface area contributed by atoms with E-state index in [4.69, 9.17) is 10.5 Å². The van der Waals surface area contributed by atoms with Crippen LogP contribution in [0, 0.1) is 6.92 Å². The van der Waals surface area contributed by atoms with Crippen LogP contribution in [-0.2, 0) is 14.3 Å². The Hall–Kier alpha value is -1.92. The SMILES string of the molecule is CCCC(=O)Nc1cccc(NC(=O)[C@@H]2CC[C@H](CN)O2)c1C. The van der Waals surface area contributed by atoms with Gasteiger partial charge in [0.15, 0.2) is 0 Å². The maximum atomic E-state index is 12.3. The number of carbonyl (C=O) groups is 2. The molecule has 1 aliphatic rings. The van der Waals surface area contributed by atoms with Gasteiger partial charge in [-0.15, -0.1) is 0 Å². The number of benzene rings is 1. The highest BCUT2D eigenvalue weighted by atomic mass is 16.5. The van der Waals surface area contributed by atoms with Gasteiger partial charge in [0.25, 0.3) is 5.91 Å². The van der Waals surface area contributed by atoms with Crippen LogP contribution >= 0.6 is 0 Å². The first-order valence-corrected chi connectivity index (χ1v) is 8.11. The van der Waals surface area contributed by atoms with Gasteiger partial charge in [-0.3, -0.25) is 9.59 Å². The van der Waals surface area contributed by atoms with Crippen molar-refractivity contribution >= 4 is 23.2 Å². The average Bonchev–Trinajstić information content (AvgIpc) is 3.00. The fourth-order valence-corrected chi connectivity index (χ4v) is 2.63. The molecule has 1 aromatic carbocycles.